The smallest absolute Gasteiger partial charge is 0.335 e. The quantitative estimate of drug-likeness (QED) is 0.557. The second-order valence-electron chi connectivity index (χ2n) is 3.67. The number of terminal acetylenes is 1. The van der Waals surface area contributed by atoms with Crippen LogP contribution < -0.4 is 10.6 Å². The van der Waals surface area contributed by atoms with Crippen molar-refractivity contribution in [3.63, 3.8) is 0 Å². The first kappa shape index (κ1) is 16.2. The topological polar surface area (TPSA) is 78.4 Å². The summed E-state index contributed by atoms with van der Waals surface area (Å²) in [5.74, 6) is 2.67. The van der Waals surface area contributed by atoms with Crippen LogP contribution in [0, 0.1) is 12.3 Å². The Kier molecular flexibility index (Phi) is 6.77. The highest BCUT2D eigenvalue weighted by Crippen LogP contribution is 2.19. The number of thioether (sulfide) groups is 1. The molecule has 106 valence electrons. The van der Waals surface area contributed by atoms with Crippen LogP contribution in [0.5, 0.6) is 0 Å². The summed E-state index contributed by atoms with van der Waals surface area (Å²) >= 11 is 7.31. The zero-order chi connectivity index (χ0) is 15.0. The number of hydrogen-bond donors (Lipinski definition) is 3. The van der Waals surface area contributed by atoms with Crippen LogP contribution in [0.3, 0.4) is 0 Å². The molecule has 0 atom stereocenters. The van der Waals surface area contributed by atoms with Crippen LogP contribution in [-0.4, -0.2) is 35.2 Å². The third kappa shape index (κ3) is 5.87. The standard InChI is InChI=1S/C13H13ClN2O3S/c1-2-4-20-5-3-15-13(19)16-11-7-9(12(17)18)6-10(14)8-11/h1,6-8H,3-5H2,(H,17,18)(H2,15,16,19). The van der Waals surface area contributed by atoms with Crippen molar-refractivity contribution in [2.45, 2.75) is 0 Å². The monoisotopic (exact) mass is 312 g/mol. The molecule has 0 saturated carbocycles. The molecule has 1 aromatic carbocycles. The molecule has 0 bridgehead atoms. The molecular formula is C13H13ClN2O3S. The van der Waals surface area contributed by atoms with Crippen molar-refractivity contribution in [1.29, 1.82) is 0 Å². The van der Waals surface area contributed by atoms with E-state index in [9.17, 15) is 9.59 Å². The lowest BCUT2D eigenvalue weighted by Gasteiger charge is -2.08. The molecule has 1 aromatic rings. The van der Waals surface area contributed by atoms with Gasteiger partial charge in [0.05, 0.1) is 11.3 Å². The van der Waals surface area contributed by atoms with Gasteiger partial charge >= 0.3 is 12.0 Å². The zero-order valence-corrected chi connectivity index (χ0v) is 12.1. The van der Waals surface area contributed by atoms with E-state index in [0.717, 1.165) is 0 Å². The van der Waals surface area contributed by atoms with E-state index >= 15 is 0 Å². The lowest BCUT2D eigenvalue weighted by Crippen LogP contribution is -2.30. The second-order valence-corrected chi connectivity index (χ2v) is 5.21. The first-order valence-corrected chi connectivity index (χ1v) is 7.16. The van der Waals surface area contributed by atoms with Crippen LogP contribution in [0.15, 0.2) is 18.2 Å². The Morgan fingerprint density at radius 3 is 2.80 bits per heavy atom. The molecule has 0 aliphatic heterocycles. The van der Waals surface area contributed by atoms with Crippen molar-refractivity contribution in [2.75, 3.05) is 23.4 Å². The molecule has 3 N–H and O–H groups in total. The molecule has 1 rings (SSSR count). The number of amides is 2. The Morgan fingerprint density at radius 2 is 2.15 bits per heavy atom. The molecule has 5 nitrogen and oxygen atoms in total. The van der Waals surface area contributed by atoms with E-state index in [2.05, 4.69) is 16.6 Å². The molecule has 20 heavy (non-hydrogen) atoms. The summed E-state index contributed by atoms with van der Waals surface area (Å²) in [6, 6.07) is 3.69. The van der Waals surface area contributed by atoms with Gasteiger partial charge in [-0.05, 0) is 18.2 Å². The number of carbonyl (C=O) groups is 2. The molecule has 2 amide bonds. The van der Waals surface area contributed by atoms with Gasteiger partial charge in [0.2, 0.25) is 0 Å². The highest BCUT2D eigenvalue weighted by molar-refractivity contribution is 7.99. The molecular weight excluding hydrogens is 300 g/mol. The number of hydrogen-bond acceptors (Lipinski definition) is 3. The van der Waals surface area contributed by atoms with Crippen molar-refractivity contribution in [2.24, 2.45) is 0 Å². The summed E-state index contributed by atoms with van der Waals surface area (Å²) in [4.78, 5) is 22.4. The molecule has 0 fully saturated rings. The lowest BCUT2D eigenvalue weighted by atomic mass is 10.2. The molecule has 0 radical (unpaired) electrons. The Hall–Kier alpha value is -1.84. The Balaban J connectivity index is 2.49. The number of nitrogens with one attached hydrogen (secondary N) is 2. The molecule has 0 aromatic heterocycles. The van der Waals surface area contributed by atoms with Crippen LogP contribution in [0.2, 0.25) is 5.02 Å². The Labute approximate surface area is 126 Å². The second kappa shape index (κ2) is 8.35. The number of carboxylic acid groups (broad SMARTS) is 1. The predicted molar refractivity (Wildman–Crippen MR) is 81.6 cm³/mol. The third-order valence-electron chi connectivity index (χ3n) is 2.12. The van der Waals surface area contributed by atoms with E-state index in [-0.39, 0.29) is 10.6 Å². The van der Waals surface area contributed by atoms with E-state index in [1.807, 2.05) is 0 Å². The predicted octanol–water partition coefficient (Wildman–Crippen LogP) is 2.53. The number of benzene rings is 1. The number of urea groups is 1. The number of carboxylic acids is 1. The summed E-state index contributed by atoms with van der Waals surface area (Å²) in [7, 11) is 0. The summed E-state index contributed by atoms with van der Waals surface area (Å²) < 4.78 is 0. The van der Waals surface area contributed by atoms with E-state index < -0.39 is 12.0 Å². The fraction of sp³-hybridized carbons (Fsp3) is 0.231. The maximum Gasteiger partial charge on any atom is 0.335 e. The average molecular weight is 313 g/mol. The summed E-state index contributed by atoms with van der Waals surface area (Å²) in [6.07, 6.45) is 5.09. The van der Waals surface area contributed by atoms with Gasteiger partial charge in [-0.3, -0.25) is 0 Å². The largest absolute Gasteiger partial charge is 0.478 e. The minimum absolute atomic E-state index is 0.0115. The molecule has 0 unspecified atom stereocenters. The van der Waals surface area contributed by atoms with Gasteiger partial charge in [-0.1, -0.05) is 17.5 Å². The van der Waals surface area contributed by atoms with Crippen LogP contribution in [-0.2, 0) is 0 Å². The highest BCUT2D eigenvalue weighted by Gasteiger charge is 2.08. The summed E-state index contributed by atoms with van der Waals surface area (Å²) in [5.41, 5.74) is 0.334. The van der Waals surface area contributed by atoms with Crippen LogP contribution in [0.4, 0.5) is 10.5 Å². The van der Waals surface area contributed by atoms with Gasteiger partial charge in [-0.2, -0.15) is 0 Å². The van der Waals surface area contributed by atoms with Crippen molar-refractivity contribution in [3.05, 3.63) is 28.8 Å². The zero-order valence-electron chi connectivity index (χ0n) is 10.5. The molecule has 0 saturated heterocycles. The fourth-order valence-electron chi connectivity index (χ4n) is 1.33. The van der Waals surface area contributed by atoms with Crippen molar-refractivity contribution in [1.82, 2.24) is 5.32 Å². The normalized spacial score (nSPS) is 9.60. The van der Waals surface area contributed by atoms with E-state index in [1.165, 1.54) is 30.0 Å². The summed E-state index contributed by atoms with van der Waals surface area (Å²) in [5, 5.41) is 14.3. The van der Waals surface area contributed by atoms with E-state index in [4.69, 9.17) is 23.1 Å². The van der Waals surface area contributed by atoms with Gasteiger partial charge in [-0.25, -0.2) is 9.59 Å². The number of rotatable bonds is 6. The molecule has 7 heteroatoms. The highest BCUT2D eigenvalue weighted by atomic mass is 35.5. The van der Waals surface area contributed by atoms with Gasteiger partial charge in [0.1, 0.15) is 0 Å². The molecule has 0 heterocycles. The van der Waals surface area contributed by atoms with Gasteiger partial charge in [0, 0.05) is 23.0 Å². The maximum absolute atomic E-state index is 11.6. The van der Waals surface area contributed by atoms with Gasteiger partial charge in [-0.15, -0.1) is 18.2 Å². The third-order valence-corrected chi connectivity index (χ3v) is 3.20. The molecule has 0 aliphatic carbocycles. The Morgan fingerprint density at radius 1 is 1.40 bits per heavy atom. The molecule has 0 spiro atoms. The summed E-state index contributed by atoms with van der Waals surface area (Å²) in [6.45, 7) is 0.463. The van der Waals surface area contributed by atoms with Crippen LogP contribution in [0.25, 0.3) is 0 Å². The van der Waals surface area contributed by atoms with Gasteiger partial charge in [0.25, 0.3) is 0 Å². The number of aromatic carboxylic acids is 1. The number of halogens is 1. The van der Waals surface area contributed by atoms with Gasteiger partial charge in [0.15, 0.2) is 0 Å². The number of carbonyl (C=O) groups excluding carboxylic acids is 1. The maximum atomic E-state index is 11.6. The molecule has 0 aliphatic rings. The average Bonchev–Trinajstić information content (AvgIpc) is 2.37. The van der Waals surface area contributed by atoms with Crippen LogP contribution >= 0.6 is 23.4 Å². The minimum atomic E-state index is -1.11. The number of anilines is 1. The first-order chi connectivity index (χ1) is 9.52. The Bertz CT molecular complexity index is 543. The first-order valence-electron chi connectivity index (χ1n) is 5.63. The van der Waals surface area contributed by atoms with Crippen molar-refractivity contribution >= 4 is 41.1 Å². The lowest BCUT2D eigenvalue weighted by molar-refractivity contribution is 0.0697. The minimum Gasteiger partial charge on any atom is -0.478 e. The fourth-order valence-corrected chi connectivity index (χ4v) is 2.07. The van der Waals surface area contributed by atoms with Crippen molar-refractivity contribution < 1.29 is 14.7 Å². The van der Waals surface area contributed by atoms with E-state index in [1.54, 1.807) is 0 Å². The van der Waals surface area contributed by atoms with Crippen LogP contribution in [0.1, 0.15) is 10.4 Å². The van der Waals surface area contributed by atoms with Gasteiger partial charge < -0.3 is 15.7 Å². The van der Waals surface area contributed by atoms with Crippen molar-refractivity contribution in [3.8, 4) is 12.3 Å². The van der Waals surface area contributed by atoms with E-state index in [0.29, 0.717) is 23.7 Å². The SMILES string of the molecule is C#CCSCCNC(=O)Nc1cc(Cl)cc(C(=O)O)c1.